The van der Waals surface area contributed by atoms with Gasteiger partial charge in [-0.1, -0.05) is 6.92 Å². The van der Waals surface area contributed by atoms with Crippen LogP contribution in [-0.2, 0) is 0 Å². The first-order valence-electron chi connectivity index (χ1n) is 7.59. The Morgan fingerprint density at radius 2 is 2.08 bits per heavy atom. The summed E-state index contributed by atoms with van der Waals surface area (Å²) in [5.74, 6) is -0.0721. The van der Waals surface area contributed by atoms with E-state index in [2.05, 4.69) is 27.1 Å². The Balaban J connectivity index is 1.98. The van der Waals surface area contributed by atoms with E-state index in [0.717, 1.165) is 22.1 Å². The molecule has 0 saturated heterocycles. The fourth-order valence-electron chi connectivity index (χ4n) is 2.53. The molecule has 2 heterocycles. The van der Waals surface area contributed by atoms with Crippen LogP contribution in [0.4, 0.5) is 5.69 Å². The number of hydrogen-bond donors (Lipinski definition) is 0. The van der Waals surface area contributed by atoms with Gasteiger partial charge in [0.25, 0.3) is 5.91 Å². The highest BCUT2D eigenvalue weighted by Gasteiger charge is 2.18. The molecule has 0 unspecified atom stereocenters. The van der Waals surface area contributed by atoms with Gasteiger partial charge < -0.3 is 4.90 Å². The number of fused-ring (bicyclic) bond motifs is 1. The van der Waals surface area contributed by atoms with E-state index in [1.807, 2.05) is 13.0 Å². The number of aromatic nitrogens is 2. The lowest BCUT2D eigenvalue weighted by atomic mass is 10.1. The number of halogens is 1. The number of anilines is 1. The third-order valence-electron chi connectivity index (χ3n) is 3.72. The molecular formula is C18H15BrN4O. The average molecular weight is 383 g/mol. The predicted molar refractivity (Wildman–Crippen MR) is 96.0 cm³/mol. The summed E-state index contributed by atoms with van der Waals surface area (Å²) < 4.78 is 2.56. The number of amides is 1. The Morgan fingerprint density at radius 1 is 1.33 bits per heavy atom. The molecule has 5 nitrogen and oxygen atoms in total. The van der Waals surface area contributed by atoms with Crippen LogP contribution < -0.4 is 4.90 Å². The van der Waals surface area contributed by atoms with Crippen molar-refractivity contribution in [3.8, 4) is 6.07 Å². The highest BCUT2D eigenvalue weighted by molar-refractivity contribution is 9.10. The lowest BCUT2D eigenvalue weighted by molar-refractivity contribution is 0.0987. The summed E-state index contributed by atoms with van der Waals surface area (Å²) in [5.41, 5.74) is 2.80. The zero-order valence-electron chi connectivity index (χ0n) is 13.1. The molecule has 1 aromatic carbocycles. The van der Waals surface area contributed by atoms with Gasteiger partial charge in [-0.3, -0.25) is 4.79 Å². The number of nitrogens with zero attached hydrogens (tertiary/aromatic N) is 4. The van der Waals surface area contributed by atoms with Crippen molar-refractivity contribution in [1.82, 2.24) is 9.61 Å². The third-order valence-corrected chi connectivity index (χ3v) is 4.33. The van der Waals surface area contributed by atoms with E-state index in [0.29, 0.717) is 17.7 Å². The standard InChI is InChI=1S/C18H15BrN4O/c1-2-8-22(15-5-3-13(11-20)4-6-15)18(24)14-7-9-23-17(10-14)16(19)12-21-23/h3-7,9-10,12H,2,8H2,1H3. The van der Waals surface area contributed by atoms with Gasteiger partial charge in [0.15, 0.2) is 0 Å². The number of benzene rings is 1. The van der Waals surface area contributed by atoms with E-state index in [1.54, 1.807) is 52.1 Å². The second-order valence-electron chi connectivity index (χ2n) is 5.35. The minimum atomic E-state index is -0.0721. The Hall–Kier alpha value is -2.65. The van der Waals surface area contributed by atoms with Crippen LogP contribution in [0.2, 0.25) is 0 Å². The lowest BCUT2D eigenvalue weighted by Crippen LogP contribution is -2.31. The Kier molecular flexibility index (Phi) is 4.63. The smallest absolute Gasteiger partial charge is 0.258 e. The molecule has 6 heteroatoms. The monoisotopic (exact) mass is 382 g/mol. The van der Waals surface area contributed by atoms with Gasteiger partial charge in [-0.15, -0.1) is 0 Å². The molecule has 2 aromatic heterocycles. The molecule has 0 aliphatic rings. The first-order valence-corrected chi connectivity index (χ1v) is 8.38. The molecule has 3 aromatic rings. The molecule has 0 radical (unpaired) electrons. The average Bonchev–Trinajstić information content (AvgIpc) is 3.00. The highest BCUT2D eigenvalue weighted by atomic mass is 79.9. The van der Waals surface area contributed by atoms with Crippen LogP contribution in [0, 0.1) is 11.3 Å². The quantitative estimate of drug-likeness (QED) is 0.684. The maximum atomic E-state index is 13.0. The van der Waals surface area contributed by atoms with Crippen molar-refractivity contribution in [3.63, 3.8) is 0 Å². The van der Waals surface area contributed by atoms with Crippen molar-refractivity contribution in [2.24, 2.45) is 0 Å². The molecule has 0 atom stereocenters. The van der Waals surface area contributed by atoms with Gasteiger partial charge in [-0.25, -0.2) is 4.52 Å². The first-order chi connectivity index (χ1) is 11.6. The zero-order valence-corrected chi connectivity index (χ0v) is 14.7. The van der Waals surface area contributed by atoms with Gasteiger partial charge in [0, 0.05) is 24.0 Å². The summed E-state index contributed by atoms with van der Waals surface area (Å²) in [6, 6.07) is 12.7. The van der Waals surface area contributed by atoms with Gasteiger partial charge >= 0.3 is 0 Å². The van der Waals surface area contributed by atoms with E-state index in [1.165, 1.54) is 0 Å². The van der Waals surface area contributed by atoms with Crippen LogP contribution in [0.25, 0.3) is 5.52 Å². The van der Waals surface area contributed by atoms with Crippen LogP contribution in [0.15, 0.2) is 53.3 Å². The molecular weight excluding hydrogens is 368 g/mol. The molecule has 0 saturated carbocycles. The van der Waals surface area contributed by atoms with Gasteiger partial charge in [0.2, 0.25) is 0 Å². The maximum absolute atomic E-state index is 13.0. The van der Waals surface area contributed by atoms with E-state index in [-0.39, 0.29) is 5.91 Å². The Bertz CT molecular complexity index is 924. The van der Waals surface area contributed by atoms with Gasteiger partial charge in [0.1, 0.15) is 0 Å². The zero-order chi connectivity index (χ0) is 17.1. The van der Waals surface area contributed by atoms with Crippen LogP contribution >= 0.6 is 15.9 Å². The lowest BCUT2D eigenvalue weighted by Gasteiger charge is -2.22. The van der Waals surface area contributed by atoms with Crippen molar-refractivity contribution in [2.75, 3.05) is 11.4 Å². The molecule has 0 N–H and O–H groups in total. The van der Waals surface area contributed by atoms with E-state index < -0.39 is 0 Å². The summed E-state index contributed by atoms with van der Waals surface area (Å²) in [4.78, 5) is 14.7. The van der Waals surface area contributed by atoms with Crippen LogP contribution in [0.1, 0.15) is 29.3 Å². The predicted octanol–water partition coefficient (Wildman–Crippen LogP) is 4.03. The topological polar surface area (TPSA) is 61.4 Å². The number of carbonyl (C=O) groups is 1. The normalized spacial score (nSPS) is 10.5. The molecule has 24 heavy (non-hydrogen) atoms. The second kappa shape index (κ2) is 6.85. The molecule has 0 bridgehead atoms. The largest absolute Gasteiger partial charge is 0.308 e. The minimum Gasteiger partial charge on any atom is -0.308 e. The summed E-state index contributed by atoms with van der Waals surface area (Å²) in [5, 5.41) is 13.1. The van der Waals surface area contributed by atoms with Crippen molar-refractivity contribution in [1.29, 1.82) is 5.26 Å². The molecule has 0 fully saturated rings. The summed E-state index contributed by atoms with van der Waals surface area (Å²) in [6.07, 6.45) is 4.31. The molecule has 0 aliphatic carbocycles. The number of carbonyl (C=O) groups excluding carboxylic acids is 1. The number of rotatable bonds is 4. The minimum absolute atomic E-state index is 0.0721. The molecule has 120 valence electrons. The van der Waals surface area contributed by atoms with Gasteiger partial charge in [0.05, 0.1) is 27.8 Å². The van der Waals surface area contributed by atoms with E-state index in [9.17, 15) is 4.79 Å². The van der Waals surface area contributed by atoms with E-state index in [4.69, 9.17) is 5.26 Å². The fraction of sp³-hybridized carbons (Fsp3) is 0.167. The molecule has 0 spiro atoms. The van der Waals surface area contributed by atoms with Crippen LogP contribution in [-0.4, -0.2) is 22.1 Å². The molecule has 1 amide bonds. The van der Waals surface area contributed by atoms with Gasteiger partial charge in [-0.05, 0) is 58.7 Å². The van der Waals surface area contributed by atoms with E-state index >= 15 is 0 Å². The summed E-state index contributed by atoms with van der Waals surface area (Å²) in [6.45, 7) is 2.64. The Morgan fingerprint density at radius 3 is 2.75 bits per heavy atom. The number of nitriles is 1. The first kappa shape index (κ1) is 16.2. The number of hydrogen-bond acceptors (Lipinski definition) is 3. The van der Waals surface area contributed by atoms with Crippen molar-refractivity contribution in [2.45, 2.75) is 13.3 Å². The molecule has 3 rings (SSSR count). The maximum Gasteiger partial charge on any atom is 0.258 e. The summed E-state index contributed by atoms with van der Waals surface area (Å²) in [7, 11) is 0. The molecule has 0 aliphatic heterocycles. The summed E-state index contributed by atoms with van der Waals surface area (Å²) >= 11 is 3.44. The highest BCUT2D eigenvalue weighted by Crippen LogP contribution is 2.22. The van der Waals surface area contributed by atoms with Crippen molar-refractivity contribution >= 4 is 33.0 Å². The third kappa shape index (κ3) is 3.03. The second-order valence-corrected chi connectivity index (χ2v) is 6.21. The number of pyridine rings is 1. The van der Waals surface area contributed by atoms with Crippen LogP contribution in [0.3, 0.4) is 0 Å². The van der Waals surface area contributed by atoms with Gasteiger partial charge in [-0.2, -0.15) is 10.4 Å². The SMILES string of the molecule is CCCN(C(=O)c1ccn2ncc(Br)c2c1)c1ccc(C#N)cc1. The van der Waals surface area contributed by atoms with Crippen LogP contribution in [0.5, 0.6) is 0 Å². The Labute approximate surface area is 148 Å². The van der Waals surface area contributed by atoms with Crippen molar-refractivity contribution < 1.29 is 4.79 Å². The van der Waals surface area contributed by atoms with Crippen molar-refractivity contribution in [3.05, 3.63) is 64.4 Å². The fourth-order valence-corrected chi connectivity index (χ4v) is 2.91.